The fourth-order valence-electron chi connectivity index (χ4n) is 2.06. The van der Waals surface area contributed by atoms with Crippen molar-refractivity contribution in [2.45, 2.75) is 11.1 Å². The maximum atomic E-state index is 13.0. The first-order valence-corrected chi connectivity index (χ1v) is 8.65. The molecule has 2 aromatic rings. The third kappa shape index (κ3) is 4.13. The molecule has 0 atom stereocenters. The molecule has 0 spiro atoms. The zero-order valence-electron chi connectivity index (χ0n) is 12.6. The summed E-state index contributed by atoms with van der Waals surface area (Å²) < 4.78 is 78.1. The van der Waals surface area contributed by atoms with Crippen LogP contribution in [-0.4, -0.2) is 15.0 Å². The standard InChI is InChI=1S/C16H12ClF4NO2S/c1-2-9-22(25(23,24)13-6-4-12(18)5-7-13)15-10-11(16(19,20)21)3-8-14(15)17/h2-8,10H,1,9H2. The number of rotatable bonds is 5. The summed E-state index contributed by atoms with van der Waals surface area (Å²) in [5.41, 5.74) is -1.39. The Hall–Kier alpha value is -2.06. The molecule has 0 unspecified atom stereocenters. The van der Waals surface area contributed by atoms with Crippen molar-refractivity contribution in [3.05, 3.63) is 71.5 Å². The van der Waals surface area contributed by atoms with Crippen LogP contribution in [0.15, 0.2) is 60.0 Å². The SMILES string of the molecule is C=CCN(c1cc(C(F)(F)F)ccc1Cl)S(=O)(=O)c1ccc(F)cc1. The summed E-state index contributed by atoms with van der Waals surface area (Å²) in [6, 6.07) is 6.27. The lowest BCUT2D eigenvalue weighted by atomic mass is 10.2. The van der Waals surface area contributed by atoms with Gasteiger partial charge in [-0.05, 0) is 42.5 Å². The van der Waals surface area contributed by atoms with Crippen molar-refractivity contribution < 1.29 is 26.0 Å². The fraction of sp³-hybridized carbons (Fsp3) is 0.125. The van der Waals surface area contributed by atoms with Crippen LogP contribution in [0.2, 0.25) is 5.02 Å². The summed E-state index contributed by atoms with van der Waals surface area (Å²) in [6.45, 7) is 3.10. The predicted octanol–water partition coefficient (Wildman–Crippen LogP) is 4.88. The Bertz CT molecular complexity index is 880. The summed E-state index contributed by atoms with van der Waals surface area (Å²) in [6.07, 6.45) is -3.46. The van der Waals surface area contributed by atoms with Gasteiger partial charge in [-0.15, -0.1) is 6.58 Å². The van der Waals surface area contributed by atoms with Crippen LogP contribution in [-0.2, 0) is 16.2 Å². The highest BCUT2D eigenvalue weighted by Gasteiger charge is 2.33. The van der Waals surface area contributed by atoms with Crippen molar-refractivity contribution in [2.75, 3.05) is 10.8 Å². The van der Waals surface area contributed by atoms with Gasteiger partial charge in [-0.2, -0.15) is 13.2 Å². The summed E-state index contributed by atoms with van der Waals surface area (Å²) >= 11 is 5.93. The Morgan fingerprint density at radius 2 is 1.72 bits per heavy atom. The van der Waals surface area contributed by atoms with Crippen molar-refractivity contribution in [3.63, 3.8) is 0 Å². The molecular formula is C16H12ClF4NO2S. The van der Waals surface area contributed by atoms with Crippen LogP contribution in [0.5, 0.6) is 0 Å². The zero-order valence-corrected chi connectivity index (χ0v) is 14.2. The Kier molecular flexibility index (Phi) is 5.43. The molecule has 3 nitrogen and oxygen atoms in total. The van der Waals surface area contributed by atoms with Gasteiger partial charge in [0.2, 0.25) is 0 Å². The topological polar surface area (TPSA) is 37.4 Å². The second kappa shape index (κ2) is 7.05. The Labute approximate surface area is 147 Å². The molecule has 2 aromatic carbocycles. The molecule has 0 saturated heterocycles. The van der Waals surface area contributed by atoms with E-state index in [-0.39, 0.29) is 22.2 Å². The predicted molar refractivity (Wildman–Crippen MR) is 87.6 cm³/mol. The molecule has 0 fully saturated rings. The van der Waals surface area contributed by atoms with E-state index in [9.17, 15) is 26.0 Å². The minimum atomic E-state index is -4.67. The van der Waals surface area contributed by atoms with Gasteiger partial charge >= 0.3 is 6.18 Å². The van der Waals surface area contributed by atoms with Crippen LogP contribution in [0, 0.1) is 5.82 Å². The second-order valence-electron chi connectivity index (χ2n) is 4.94. The molecule has 25 heavy (non-hydrogen) atoms. The highest BCUT2D eigenvalue weighted by molar-refractivity contribution is 7.92. The van der Waals surface area contributed by atoms with Crippen LogP contribution in [0.25, 0.3) is 0 Å². The van der Waals surface area contributed by atoms with Gasteiger partial charge in [-0.3, -0.25) is 4.31 Å². The van der Waals surface area contributed by atoms with E-state index in [0.717, 1.165) is 36.4 Å². The maximum Gasteiger partial charge on any atom is 0.416 e. The van der Waals surface area contributed by atoms with Gasteiger partial charge in [-0.1, -0.05) is 17.7 Å². The van der Waals surface area contributed by atoms with E-state index >= 15 is 0 Å². The largest absolute Gasteiger partial charge is 0.416 e. The molecule has 0 bridgehead atoms. The third-order valence-corrected chi connectivity index (χ3v) is 5.35. The van der Waals surface area contributed by atoms with Crippen LogP contribution in [0.4, 0.5) is 23.2 Å². The zero-order chi connectivity index (χ0) is 18.8. The molecule has 0 aliphatic carbocycles. The summed E-state index contributed by atoms with van der Waals surface area (Å²) in [5.74, 6) is -0.647. The average molecular weight is 394 g/mol. The first-order chi connectivity index (χ1) is 11.6. The number of alkyl halides is 3. The Morgan fingerprint density at radius 3 is 2.24 bits per heavy atom. The molecule has 0 amide bonds. The molecule has 0 aliphatic rings. The summed E-state index contributed by atoms with van der Waals surface area (Å²) in [4.78, 5) is -0.288. The number of halogens is 5. The summed E-state index contributed by atoms with van der Waals surface area (Å²) in [7, 11) is -4.27. The first-order valence-electron chi connectivity index (χ1n) is 6.83. The van der Waals surface area contributed by atoms with Gasteiger partial charge in [0.1, 0.15) is 5.82 Å². The van der Waals surface area contributed by atoms with Gasteiger partial charge in [0.05, 0.1) is 27.7 Å². The molecule has 0 N–H and O–H groups in total. The van der Waals surface area contributed by atoms with Gasteiger partial charge in [0.15, 0.2) is 0 Å². The van der Waals surface area contributed by atoms with Crippen LogP contribution in [0.1, 0.15) is 5.56 Å². The molecule has 0 aromatic heterocycles. The maximum absolute atomic E-state index is 13.0. The van der Waals surface area contributed by atoms with E-state index in [1.807, 2.05) is 0 Å². The quantitative estimate of drug-likeness (QED) is 0.536. The highest BCUT2D eigenvalue weighted by atomic mass is 35.5. The van der Waals surface area contributed by atoms with Crippen molar-refractivity contribution in [2.24, 2.45) is 0 Å². The first kappa shape index (κ1) is 19.3. The molecule has 0 radical (unpaired) electrons. The monoisotopic (exact) mass is 393 g/mol. The van der Waals surface area contributed by atoms with Crippen molar-refractivity contribution in [1.29, 1.82) is 0 Å². The van der Waals surface area contributed by atoms with E-state index in [1.165, 1.54) is 6.08 Å². The lowest BCUT2D eigenvalue weighted by Gasteiger charge is -2.25. The number of hydrogen-bond donors (Lipinski definition) is 0. The molecule has 0 heterocycles. The van der Waals surface area contributed by atoms with Crippen molar-refractivity contribution in [1.82, 2.24) is 0 Å². The Balaban J connectivity index is 2.62. The Morgan fingerprint density at radius 1 is 1.12 bits per heavy atom. The molecule has 0 saturated carbocycles. The molecular weight excluding hydrogens is 382 g/mol. The van der Waals surface area contributed by atoms with Crippen LogP contribution >= 0.6 is 11.6 Å². The minimum absolute atomic E-state index is 0.180. The normalized spacial score (nSPS) is 12.0. The lowest BCUT2D eigenvalue weighted by molar-refractivity contribution is -0.137. The van der Waals surface area contributed by atoms with E-state index < -0.39 is 27.6 Å². The summed E-state index contributed by atoms with van der Waals surface area (Å²) in [5, 5.41) is -0.180. The van der Waals surface area contributed by atoms with Crippen LogP contribution < -0.4 is 4.31 Å². The molecule has 0 aliphatic heterocycles. The van der Waals surface area contributed by atoms with Gasteiger partial charge in [-0.25, -0.2) is 12.8 Å². The average Bonchev–Trinajstić information content (AvgIpc) is 2.52. The van der Waals surface area contributed by atoms with Gasteiger partial charge in [0.25, 0.3) is 10.0 Å². The van der Waals surface area contributed by atoms with E-state index in [0.29, 0.717) is 10.4 Å². The van der Waals surface area contributed by atoms with E-state index in [4.69, 9.17) is 11.6 Å². The number of hydrogen-bond acceptors (Lipinski definition) is 2. The van der Waals surface area contributed by atoms with E-state index in [2.05, 4.69) is 6.58 Å². The second-order valence-corrected chi connectivity index (χ2v) is 7.21. The van der Waals surface area contributed by atoms with Crippen molar-refractivity contribution >= 4 is 27.3 Å². The minimum Gasteiger partial charge on any atom is -0.261 e. The van der Waals surface area contributed by atoms with Gasteiger partial charge in [0, 0.05) is 0 Å². The van der Waals surface area contributed by atoms with Crippen molar-refractivity contribution in [3.8, 4) is 0 Å². The number of benzene rings is 2. The van der Waals surface area contributed by atoms with Gasteiger partial charge < -0.3 is 0 Å². The van der Waals surface area contributed by atoms with Crippen LogP contribution in [0.3, 0.4) is 0 Å². The third-order valence-electron chi connectivity index (χ3n) is 3.24. The smallest absolute Gasteiger partial charge is 0.261 e. The molecule has 2 rings (SSSR count). The van der Waals surface area contributed by atoms with E-state index in [1.54, 1.807) is 0 Å². The highest BCUT2D eigenvalue weighted by Crippen LogP contribution is 2.37. The number of nitrogens with zero attached hydrogens (tertiary/aromatic N) is 1. The molecule has 9 heteroatoms. The number of anilines is 1. The number of sulfonamides is 1. The molecule has 134 valence electrons. The fourth-order valence-corrected chi connectivity index (χ4v) is 3.77. The lowest BCUT2D eigenvalue weighted by Crippen LogP contribution is -2.31.